The third-order valence-corrected chi connectivity index (χ3v) is 4.02. The minimum atomic E-state index is -0.486. The Morgan fingerprint density at radius 1 is 1.07 bits per heavy atom. The molecule has 0 fully saturated rings. The van der Waals surface area contributed by atoms with E-state index in [0.717, 1.165) is 23.1 Å². The molecular weight excluding hydrogens is 389 g/mol. The summed E-state index contributed by atoms with van der Waals surface area (Å²) in [5.74, 6) is 0.292. The zero-order chi connectivity index (χ0) is 22.4. The highest BCUT2D eigenvalue weighted by molar-refractivity contribution is 6.32. The lowest BCUT2D eigenvalue weighted by molar-refractivity contribution is -0.104. The van der Waals surface area contributed by atoms with Gasteiger partial charge in [0.1, 0.15) is 28.6 Å². The molecule has 0 radical (unpaired) electrons. The molecule has 0 heterocycles. The molecule has 2 aromatic carbocycles. The first-order valence-corrected chi connectivity index (χ1v) is 10.1. The predicted molar refractivity (Wildman–Crippen MR) is 122 cm³/mol. The summed E-state index contributed by atoms with van der Waals surface area (Å²) in [5.41, 5.74) is 3.02. The average molecular weight is 420 g/mol. The number of aryl methyl sites for hydroxylation is 1. The lowest BCUT2D eigenvalue weighted by Crippen LogP contribution is -2.01. The van der Waals surface area contributed by atoms with Gasteiger partial charge in [-0.2, -0.15) is 0 Å². The van der Waals surface area contributed by atoms with E-state index in [4.69, 9.17) is 16.3 Å². The van der Waals surface area contributed by atoms with Gasteiger partial charge in [0.2, 0.25) is 0 Å². The van der Waals surface area contributed by atoms with Crippen molar-refractivity contribution in [1.82, 2.24) is 5.32 Å². The Labute approximate surface area is 179 Å². The van der Waals surface area contributed by atoms with Crippen molar-refractivity contribution in [3.8, 4) is 11.5 Å². The second-order valence-electron chi connectivity index (χ2n) is 5.47. The van der Waals surface area contributed by atoms with E-state index in [2.05, 4.69) is 5.32 Å². The third kappa shape index (κ3) is 8.12. The maximum absolute atomic E-state index is 13.8. The SMILES string of the molecule is CC.CC.CN/C(C)=C\C(=C/C=O)c1ccc(Oc2ccc(C)c(F)c2Cl)cc1. The summed E-state index contributed by atoms with van der Waals surface area (Å²) in [7, 11) is 1.81. The zero-order valence-corrected chi connectivity index (χ0v) is 19.0. The maximum atomic E-state index is 13.8. The minimum absolute atomic E-state index is 0.0433. The van der Waals surface area contributed by atoms with Crippen LogP contribution >= 0.6 is 11.6 Å². The van der Waals surface area contributed by atoms with E-state index in [9.17, 15) is 9.18 Å². The number of allylic oxidation sites excluding steroid dienone is 4. The van der Waals surface area contributed by atoms with E-state index in [-0.39, 0.29) is 10.8 Å². The number of carbonyl (C=O) groups excluding carboxylic acids is 1. The molecule has 0 aliphatic carbocycles. The highest BCUT2D eigenvalue weighted by Gasteiger charge is 2.11. The van der Waals surface area contributed by atoms with Crippen molar-refractivity contribution < 1.29 is 13.9 Å². The smallest absolute Gasteiger partial charge is 0.149 e. The van der Waals surface area contributed by atoms with Gasteiger partial charge in [0.25, 0.3) is 0 Å². The van der Waals surface area contributed by atoms with Crippen LogP contribution in [0, 0.1) is 12.7 Å². The Bertz CT molecular complexity index is 828. The number of benzene rings is 2. The van der Waals surface area contributed by atoms with Gasteiger partial charge in [0, 0.05) is 12.7 Å². The molecule has 3 nitrogen and oxygen atoms in total. The molecule has 0 spiro atoms. The molecule has 0 atom stereocenters. The van der Waals surface area contributed by atoms with Crippen LogP contribution in [0.5, 0.6) is 11.5 Å². The van der Waals surface area contributed by atoms with Crippen molar-refractivity contribution in [3.05, 3.63) is 76.2 Å². The molecule has 0 saturated heterocycles. The minimum Gasteiger partial charge on any atom is -0.456 e. The first-order valence-electron chi connectivity index (χ1n) is 9.70. The summed E-state index contributed by atoms with van der Waals surface area (Å²) in [6, 6.07) is 10.4. The van der Waals surface area contributed by atoms with Crippen LogP contribution in [-0.4, -0.2) is 13.3 Å². The summed E-state index contributed by atoms with van der Waals surface area (Å²) in [5, 5.41) is 2.97. The van der Waals surface area contributed by atoms with E-state index in [0.29, 0.717) is 11.3 Å². The number of nitrogens with one attached hydrogen (secondary N) is 1. The topological polar surface area (TPSA) is 38.3 Å². The van der Waals surface area contributed by atoms with Crippen LogP contribution in [0.1, 0.15) is 45.7 Å². The zero-order valence-electron chi connectivity index (χ0n) is 18.3. The molecule has 29 heavy (non-hydrogen) atoms. The van der Waals surface area contributed by atoms with Gasteiger partial charge in [0.15, 0.2) is 0 Å². The molecular formula is C24H31ClFNO2. The van der Waals surface area contributed by atoms with E-state index in [1.165, 1.54) is 6.08 Å². The Balaban J connectivity index is 0.00000184. The number of aldehydes is 1. The summed E-state index contributed by atoms with van der Waals surface area (Å²) in [6.45, 7) is 11.5. The molecule has 158 valence electrons. The van der Waals surface area contributed by atoms with Crippen molar-refractivity contribution in [3.63, 3.8) is 0 Å². The van der Waals surface area contributed by atoms with Crippen molar-refractivity contribution in [1.29, 1.82) is 0 Å². The maximum Gasteiger partial charge on any atom is 0.149 e. The van der Waals surface area contributed by atoms with Gasteiger partial charge in [0.05, 0.1) is 0 Å². The molecule has 2 aromatic rings. The van der Waals surface area contributed by atoms with Crippen LogP contribution in [0.4, 0.5) is 4.39 Å². The summed E-state index contributed by atoms with van der Waals surface area (Å²) in [6.07, 6.45) is 4.10. The molecule has 0 unspecified atom stereocenters. The van der Waals surface area contributed by atoms with Gasteiger partial charge in [-0.25, -0.2) is 4.39 Å². The highest BCUT2D eigenvalue weighted by Crippen LogP contribution is 2.33. The van der Waals surface area contributed by atoms with Gasteiger partial charge >= 0.3 is 0 Å². The average Bonchev–Trinajstić information content (AvgIpc) is 2.77. The molecule has 0 aliphatic heterocycles. The summed E-state index contributed by atoms with van der Waals surface area (Å²) >= 11 is 5.98. The highest BCUT2D eigenvalue weighted by atomic mass is 35.5. The van der Waals surface area contributed by atoms with Crippen LogP contribution in [-0.2, 0) is 4.79 Å². The third-order valence-electron chi connectivity index (χ3n) is 3.67. The van der Waals surface area contributed by atoms with Gasteiger partial charge < -0.3 is 10.1 Å². The molecule has 0 amide bonds. The number of ether oxygens (including phenoxy) is 1. The van der Waals surface area contributed by atoms with E-state index in [1.54, 1.807) is 31.2 Å². The van der Waals surface area contributed by atoms with Gasteiger partial charge in [-0.05, 0) is 60.9 Å². The molecule has 0 bridgehead atoms. The van der Waals surface area contributed by atoms with Crippen molar-refractivity contribution >= 4 is 23.5 Å². The quantitative estimate of drug-likeness (QED) is 0.302. The van der Waals surface area contributed by atoms with Crippen LogP contribution in [0.3, 0.4) is 0 Å². The molecule has 1 N–H and O–H groups in total. The fourth-order valence-electron chi connectivity index (χ4n) is 2.16. The van der Waals surface area contributed by atoms with E-state index < -0.39 is 5.82 Å². The summed E-state index contributed by atoms with van der Waals surface area (Å²) < 4.78 is 19.5. The number of rotatable bonds is 6. The number of hydrogen-bond donors (Lipinski definition) is 1. The Kier molecular flexibility index (Phi) is 13.1. The lowest BCUT2D eigenvalue weighted by atomic mass is 10.0. The first kappa shape index (κ1) is 26.4. The largest absolute Gasteiger partial charge is 0.456 e. The van der Waals surface area contributed by atoms with Gasteiger partial charge in [-0.15, -0.1) is 0 Å². The lowest BCUT2D eigenvalue weighted by Gasteiger charge is -2.10. The standard InChI is InChI=1S/C20H19ClFNO2.2C2H6/c1-13-4-9-18(19(21)20(13)22)25-17-7-5-15(6-8-17)16(10-11-24)12-14(2)23-3;2*1-2/h4-12,23H,1-3H3;2*1-2H3/b14-12-,16-10+;;. The van der Waals surface area contributed by atoms with Gasteiger partial charge in [-0.1, -0.05) is 57.5 Å². The van der Waals surface area contributed by atoms with Gasteiger partial charge in [-0.3, -0.25) is 4.79 Å². The normalized spacial score (nSPS) is 10.8. The molecule has 0 saturated carbocycles. The fraction of sp³-hybridized carbons (Fsp3) is 0.292. The number of hydrogen-bond acceptors (Lipinski definition) is 3. The monoisotopic (exact) mass is 419 g/mol. The van der Waals surface area contributed by atoms with Crippen LogP contribution in [0.25, 0.3) is 5.57 Å². The summed E-state index contributed by atoms with van der Waals surface area (Å²) in [4.78, 5) is 10.9. The Morgan fingerprint density at radius 3 is 2.17 bits per heavy atom. The van der Waals surface area contributed by atoms with Crippen molar-refractivity contribution in [2.75, 3.05) is 7.05 Å². The van der Waals surface area contributed by atoms with E-state index in [1.807, 2.05) is 59.9 Å². The Hall–Kier alpha value is -2.59. The van der Waals surface area contributed by atoms with E-state index >= 15 is 0 Å². The van der Waals surface area contributed by atoms with Crippen LogP contribution < -0.4 is 10.1 Å². The number of halogens is 2. The molecule has 0 aliphatic rings. The molecule has 5 heteroatoms. The van der Waals surface area contributed by atoms with Crippen LogP contribution in [0.15, 0.2) is 54.2 Å². The predicted octanol–water partition coefficient (Wildman–Crippen LogP) is 7.34. The van der Waals surface area contributed by atoms with Crippen LogP contribution in [0.2, 0.25) is 5.02 Å². The molecule has 2 rings (SSSR count). The number of carbonyl (C=O) groups is 1. The van der Waals surface area contributed by atoms with Crippen molar-refractivity contribution in [2.24, 2.45) is 0 Å². The second-order valence-corrected chi connectivity index (χ2v) is 5.85. The fourth-order valence-corrected chi connectivity index (χ4v) is 2.41. The Morgan fingerprint density at radius 2 is 1.66 bits per heavy atom. The molecule has 0 aromatic heterocycles. The van der Waals surface area contributed by atoms with Crippen molar-refractivity contribution in [2.45, 2.75) is 41.5 Å². The second kappa shape index (κ2) is 14.4. The first-order chi connectivity index (χ1) is 14.0.